The van der Waals surface area contributed by atoms with Crippen LogP contribution in [0.4, 0.5) is 0 Å². The Morgan fingerprint density at radius 1 is 1.75 bits per heavy atom. The van der Waals surface area contributed by atoms with Crippen LogP contribution in [-0.2, 0) is 0 Å². The number of oxazole rings is 1. The van der Waals surface area contributed by atoms with Crippen LogP contribution < -0.4 is 5.73 Å². The van der Waals surface area contributed by atoms with Gasteiger partial charge >= 0.3 is 0 Å². The van der Waals surface area contributed by atoms with E-state index >= 15 is 0 Å². The van der Waals surface area contributed by atoms with E-state index in [1.807, 2.05) is 6.92 Å². The first-order valence-electron chi connectivity index (χ1n) is 3.96. The van der Waals surface area contributed by atoms with E-state index in [0.717, 1.165) is 13.0 Å². The molecule has 4 heteroatoms. The van der Waals surface area contributed by atoms with Gasteiger partial charge in [0.2, 0.25) is 0 Å². The normalized spacial score (nSPS) is 12.0. The van der Waals surface area contributed by atoms with Gasteiger partial charge in [-0.3, -0.25) is 4.99 Å². The third-order valence-corrected chi connectivity index (χ3v) is 1.39. The fraction of sp³-hybridized carbons (Fsp3) is 0.500. The Hall–Kier alpha value is -1.32. The summed E-state index contributed by atoms with van der Waals surface area (Å²) in [5, 5.41) is 0. The molecule has 1 aromatic heterocycles. The molecule has 0 spiro atoms. The van der Waals surface area contributed by atoms with Gasteiger partial charge in [0.05, 0.1) is 0 Å². The minimum atomic E-state index is 0.453. The highest BCUT2D eigenvalue weighted by atomic mass is 16.3. The Balaban J connectivity index is 2.70. The van der Waals surface area contributed by atoms with Crippen molar-refractivity contribution >= 4 is 5.84 Å². The van der Waals surface area contributed by atoms with Crippen molar-refractivity contribution in [2.24, 2.45) is 10.7 Å². The second kappa shape index (κ2) is 3.90. The third-order valence-electron chi connectivity index (χ3n) is 1.39. The summed E-state index contributed by atoms with van der Waals surface area (Å²) >= 11 is 0. The van der Waals surface area contributed by atoms with Crippen LogP contribution in [0.2, 0.25) is 0 Å². The van der Waals surface area contributed by atoms with Gasteiger partial charge in [0, 0.05) is 13.5 Å². The minimum absolute atomic E-state index is 0.453. The lowest BCUT2D eigenvalue weighted by molar-refractivity contribution is 0.521. The summed E-state index contributed by atoms with van der Waals surface area (Å²) in [6.07, 6.45) is 2.50. The molecule has 0 atom stereocenters. The number of nitrogens with two attached hydrogens (primary N) is 1. The van der Waals surface area contributed by atoms with E-state index in [2.05, 4.69) is 9.98 Å². The van der Waals surface area contributed by atoms with Gasteiger partial charge in [0.15, 0.2) is 5.89 Å². The summed E-state index contributed by atoms with van der Waals surface area (Å²) in [7, 11) is 0. The molecular weight excluding hydrogens is 154 g/mol. The van der Waals surface area contributed by atoms with Crippen LogP contribution >= 0.6 is 0 Å². The maximum Gasteiger partial charge on any atom is 0.191 e. The van der Waals surface area contributed by atoms with E-state index in [4.69, 9.17) is 10.2 Å². The lowest BCUT2D eigenvalue weighted by Crippen LogP contribution is -2.14. The molecule has 1 rings (SSSR count). The molecule has 0 aromatic carbocycles. The summed E-state index contributed by atoms with van der Waals surface area (Å²) in [6, 6.07) is 0. The van der Waals surface area contributed by atoms with Crippen LogP contribution in [0.1, 0.15) is 24.9 Å². The number of aliphatic imine (C=N–C) groups is 1. The molecule has 4 nitrogen and oxygen atoms in total. The first-order chi connectivity index (χ1) is 5.74. The molecule has 1 heterocycles. The number of rotatable bonds is 3. The largest absolute Gasteiger partial charge is 0.449 e. The van der Waals surface area contributed by atoms with Crippen LogP contribution in [0.5, 0.6) is 0 Å². The maximum atomic E-state index is 5.62. The Morgan fingerprint density at radius 3 is 3.00 bits per heavy atom. The van der Waals surface area contributed by atoms with Gasteiger partial charge in [-0.1, -0.05) is 6.92 Å². The van der Waals surface area contributed by atoms with Crippen molar-refractivity contribution in [3.8, 4) is 0 Å². The summed E-state index contributed by atoms with van der Waals surface area (Å²) < 4.78 is 4.99. The number of aromatic nitrogens is 1. The van der Waals surface area contributed by atoms with E-state index in [9.17, 15) is 0 Å². The fourth-order valence-corrected chi connectivity index (χ4v) is 0.794. The second-order valence-electron chi connectivity index (χ2n) is 2.52. The maximum absolute atomic E-state index is 5.62. The van der Waals surface area contributed by atoms with Gasteiger partial charge in [-0.2, -0.15) is 0 Å². The van der Waals surface area contributed by atoms with Gasteiger partial charge in [-0.25, -0.2) is 4.98 Å². The molecule has 0 bridgehead atoms. The molecular formula is C8H13N3O. The zero-order valence-electron chi connectivity index (χ0n) is 7.37. The molecule has 0 radical (unpaired) electrons. The molecule has 12 heavy (non-hydrogen) atoms. The van der Waals surface area contributed by atoms with Crippen LogP contribution in [0, 0.1) is 6.92 Å². The molecule has 2 N–H and O–H groups in total. The van der Waals surface area contributed by atoms with Crippen molar-refractivity contribution in [3.63, 3.8) is 0 Å². The number of hydrogen-bond acceptors (Lipinski definition) is 3. The van der Waals surface area contributed by atoms with Gasteiger partial charge < -0.3 is 10.2 Å². The highest BCUT2D eigenvalue weighted by Gasteiger charge is 2.02. The molecule has 1 aromatic rings. The minimum Gasteiger partial charge on any atom is -0.449 e. The molecule has 0 fully saturated rings. The van der Waals surface area contributed by atoms with E-state index in [-0.39, 0.29) is 0 Å². The monoisotopic (exact) mass is 167 g/mol. The van der Waals surface area contributed by atoms with Crippen LogP contribution in [0.25, 0.3) is 0 Å². The van der Waals surface area contributed by atoms with Crippen molar-refractivity contribution < 1.29 is 4.42 Å². The summed E-state index contributed by atoms with van der Waals surface area (Å²) in [4.78, 5) is 8.14. The standard InChI is InChI=1S/C8H13N3O/c1-3-4-10-8(9)7-5-12-6(2)11-7/h5H,3-4H2,1-2H3,(H2,9,10). The van der Waals surface area contributed by atoms with Crippen molar-refractivity contribution in [3.05, 3.63) is 17.8 Å². The Labute approximate surface area is 71.5 Å². The average Bonchev–Trinajstić information content (AvgIpc) is 2.47. The van der Waals surface area contributed by atoms with E-state index < -0.39 is 0 Å². The number of hydrogen-bond donors (Lipinski definition) is 1. The molecule has 0 aliphatic carbocycles. The molecule has 0 aliphatic rings. The predicted octanol–water partition coefficient (Wildman–Crippen LogP) is 1.10. The van der Waals surface area contributed by atoms with Gasteiger partial charge in [-0.05, 0) is 6.42 Å². The molecule has 66 valence electrons. The van der Waals surface area contributed by atoms with Gasteiger partial charge in [0.25, 0.3) is 0 Å². The summed E-state index contributed by atoms with van der Waals surface area (Å²) in [5.74, 6) is 1.06. The van der Waals surface area contributed by atoms with Crippen molar-refractivity contribution in [1.82, 2.24) is 4.98 Å². The second-order valence-corrected chi connectivity index (χ2v) is 2.52. The van der Waals surface area contributed by atoms with E-state index in [1.165, 1.54) is 6.26 Å². The third kappa shape index (κ3) is 2.08. The lowest BCUT2D eigenvalue weighted by Gasteiger charge is -1.92. The Kier molecular flexibility index (Phi) is 2.85. The first kappa shape index (κ1) is 8.77. The highest BCUT2D eigenvalue weighted by Crippen LogP contribution is 1.99. The van der Waals surface area contributed by atoms with Crippen LogP contribution in [0.15, 0.2) is 15.7 Å². The summed E-state index contributed by atoms with van der Waals surface area (Å²) in [5.41, 5.74) is 6.25. The van der Waals surface area contributed by atoms with Crippen molar-refractivity contribution in [2.45, 2.75) is 20.3 Å². The number of nitrogens with zero attached hydrogens (tertiary/aromatic N) is 2. The number of amidine groups is 1. The van der Waals surface area contributed by atoms with Crippen molar-refractivity contribution in [2.75, 3.05) is 6.54 Å². The Bertz CT molecular complexity index is 278. The Morgan fingerprint density at radius 2 is 2.50 bits per heavy atom. The van der Waals surface area contributed by atoms with Crippen LogP contribution in [-0.4, -0.2) is 17.4 Å². The van der Waals surface area contributed by atoms with Gasteiger partial charge in [-0.15, -0.1) is 0 Å². The van der Waals surface area contributed by atoms with E-state index in [0.29, 0.717) is 17.4 Å². The van der Waals surface area contributed by atoms with Gasteiger partial charge in [0.1, 0.15) is 17.8 Å². The molecule has 0 saturated heterocycles. The molecule has 0 aliphatic heterocycles. The lowest BCUT2D eigenvalue weighted by atomic mass is 10.4. The molecule has 0 amide bonds. The molecule has 0 unspecified atom stereocenters. The van der Waals surface area contributed by atoms with Crippen LogP contribution in [0.3, 0.4) is 0 Å². The first-order valence-corrected chi connectivity index (χ1v) is 3.96. The van der Waals surface area contributed by atoms with Crippen molar-refractivity contribution in [1.29, 1.82) is 0 Å². The summed E-state index contributed by atoms with van der Waals surface area (Å²) in [6.45, 7) is 4.55. The SMILES string of the molecule is CCCN=C(N)c1coc(C)n1. The molecule has 0 saturated carbocycles. The van der Waals surface area contributed by atoms with E-state index in [1.54, 1.807) is 6.92 Å². The predicted molar refractivity (Wildman–Crippen MR) is 47.1 cm³/mol. The average molecular weight is 167 g/mol. The zero-order chi connectivity index (χ0) is 8.97. The number of aryl methyl sites for hydroxylation is 1. The topological polar surface area (TPSA) is 64.4 Å². The highest BCUT2D eigenvalue weighted by molar-refractivity contribution is 5.95. The fourth-order valence-electron chi connectivity index (χ4n) is 0.794. The smallest absolute Gasteiger partial charge is 0.191 e. The quantitative estimate of drug-likeness (QED) is 0.541. The zero-order valence-corrected chi connectivity index (χ0v) is 7.37.